The van der Waals surface area contributed by atoms with Gasteiger partial charge >= 0.3 is 0 Å². The summed E-state index contributed by atoms with van der Waals surface area (Å²) in [6.45, 7) is 6.31. The molecular weight excluding hydrogens is 388 g/mol. The first kappa shape index (κ1) is 20.0. The third-order valence-corrected chi connectivity index (χ3v) is 5.92. The third kappa shape index (κ3) is 5.00. The molecule has 2 aliphatic heterocycles. The van der Waals surface area contributed by atoms with Crippen molar-refractivity contribution in [2.75, 3.05) is 62.3 Å². The van der Waals surface area contributed by atoms with Gasteiger partial charge in [-0.3, -0.25) is 4.79 Å². The summed E-state index contributed by atoms with van der Waals surface area (Å²) in [4.78, 5) is 23.7. The molecule has 0 saturated carbocycles. The molecule has 2 fully saturated rings. The first-order valence-electron chi connectivity index (χ1n) is 10.3. The average molecular weight is 415 g/mol. The summed E-state index contributed by atoms with van der Waals surface area (Å²) >= 11 is 6.31. The van der Waals surface area contributed by atoms with Gasteiger partial charge in [0, 0.05) is 51.9 Å². The van der Waals surface area contributed by atoms with Crippen molar-refractivity contribution in [1.82, 2.24) is 9.88 Å². The fraction of sp³-hybridized carbons (Fsp3) is 0.455. The molecule has 0 aliphatic carbocycles. The summed E-state index contributed by atoms with van der Waals surface area (Å²) in [7, 11) is 0. The van der Waals surface area contributed by atoms with Crippen molar-refractivity contribution < 1.29 is 9.53 Å². The lowest BCUT2D eigenvalue weighted by Crippen LogP contribution is -2.48. The van der Waals surface area contributed by atoms with E-state index in [0.717, 1.165) is 81.0 Å². The number of benzene rings is 1. The zero-order chi connectivity index (χ0) is 20.1. The van der Waals surface area contributed by atoms with E-state index in [1.807, 2.05) is 41.4 Å². The number of anilines is 2. The van der Waals surface area contributed by atoms with E-state index >= 15 is 0 Å². The average Bonchev–Trinajstić information content (AvgIpc) is 2.79. The molecule has 0 bridgehead atoms. The maximum Gasteiger partial charge on any atom is 0.223 e. The van der Waals surface area contributed by atoms with Gasteiger partial charge < -0.3 is 19.4 Å². The summed E-state index contributed by atoms with van der Waals surface area (Å²) in [6.07, 6.45) is 3.11. The number of aryl methyl sites for hydroxylation is 1. The molecule has 2 aromatic rings. The number of halogens is 1. The van der Waals surface area contributed by atoms with Gasteiger partial charge in [0.25, 0.3) is 0 Å². The van der Waals surface area contributed by atoms with Gasteiger partial charge in [-0.15, -0.1) is 0 Å². The van der Waals surface area contributed by atoms with Gasteiger partial charge in [0.15, 0.2) is 0 Å². The Morgan fingerprint density at radius 1 is 1.00 bits per heavy atom. The van der Waals surface area contributed by atoms with Crippen LogP contribution in [-0.4, -0.2) is 68.3 Å². The third-order valence-electron chi connectivity index (χ3n) is 5.60. The fourth-order valence-corrected chi connectivity index (χ4v) is 4.15. The lowest BCUT2D eigenvalue weighted by molar-refractivity contribution is -0.131. The maximum atomic E-state index is 12.7. The number of hydrogen-bond donors (Lipinski definition) is 0. The van der Waals surface area contributed by atoms with E-state index < -0.39 is 0 Å². The highest BCUT2D eigenvalue weighted by molar-refractivity contribution is 6.33. The van der Waals surface area contributed by atoms with Crippen LogP contribution in [0.25, 0.3) is 0 Å². The van der Waals surface area contributed by atoms with Crippen LogP contribution in [0.1, 0.15) is 12.0 Å². The smallest absolute Gasteiger partial charge is 0.223 e. The van der Waals surface area contributed by atoms with Crippen molar-refractivity contribution in [1.29, 1.82) is 0 Å². The van der Waals surface area contributed by atoms with E-state index in [2.05, 4.69) is 20.9 Å². The van der Waals surface area contributed by atoms with Crippen LogP contribution < -0.4 is 9.80 Å². The number of ether oxygens (including phenoxy) is 1. The Bertz CT molecular complexity index is 833. The number of pyridine rings is 1. The molecular formula is C22H27ClN4O2. The van der Waals surface area contributed by atoms with Crippen LogP contribution in [0.2, 0.25) is 5.02 Å². The molecule has 154 valence electrons. The number of carbonyl (C=O) groups excluding carboxylic acids is 1. The van der Waals surface area contributed by atoms with Crippen molar-refractivity contribution in [2.45, 2.75) is 12.8 Å². The second-order valence-corrected chi connectivity index (χ2v) is 7.85. The molecule has 29 heavy (non-hydrogen) atoms. The molecule has 1 amide bonds. The second kappa shape index (κ2) is 9.46. The summed E-state index contributed by atoms with van der Waals surface area (Å²) in [5.74, 6) is 1.19. The zero-order valence-electron chi connectivity index (χ0n) is 16.6. The van der Waals surface area contributed by atoms with Crippen molar-refractivity contribution >= 4 is 29.0 Å². The maximum absolute atomic E-state index is 12.7. The number of amides is 1. The molecule has 6 nitrogen and oxygen atoms in total. The SMILES string of the molecule is O=C(CCc1ccnc(N2CCOCC2)c1)N1CCN(c2ccccc2Cl)CC1. The van der Waals surface area contributed by atoms with Gasteiger partial charge in [-0.1, -0.05) is 23.7 Å². The number of aromatic nitrogens is 1. The molecule has 7 heteroatoms. The minimum absolute atomic E-state index is 0.216. The Morgan fingerprint density at radius 2 is 1.76 bits per heavy atom. The molecule has 1 aromatic heterocycles. The minimum Gasteiger partial charge on any atom is -0.378 e. The van der Waals surface area contributed by atoms with E-state index in [9.17, 15) is 4.79 Å². The Kier molecular flexibility index (Phi) is 6.52. The Balaban J connectivity index is 1.28. The van der Waals surface area contributed by atoms with Crippen LogP contribution in [0.5, 0.6) is 0 Å². The molecule has 0 spiro atoms. The normalized spacial score (nSPS) is 17.5. The highest BCUT2D eigenvalue weighted by Gasteiger charge is 2.22. The standard InChI is InChI=1S/C22H27ClN4O2/c23-19-3-1-2-4-20(19)25-9-11-27(12-10-25)22(28)6-5-18-7-8-24-21(17-18)26-13-15-29-16-14-26/h1-4,7-8,17H,5-6,9-16H2. The largest absolute Gasteiger partial charge is 0.378 e. The number of carbonyl (C=O) groups is 1. The lowest BCUT2D eigenvalue weighted by Gasteiger charge is -2.36. The van der Waals surface area contributed by atoms with E-state index in [1.165, 1.54) is 0 Å². The summed E-state index contributed by atoms with van der Waals surface area (Å²) < 4.78 is 5.41. The van der Waals surface area contributed by atoms with E-state index in [-0.39, 0.29) is 5.91 Å². The minimum atomic E-state index is 0.216. The number of hydrogen-bond acceptors (Lipinski definition) is 5. The Hall–Kier alpha value is -2.31. The molecule has 2 saturated heterocycles. The van der Waals surface area contributed by atoms with Crippen molar-refractivity contribution in [3.05, 3.63) is 53.2 Å². The van der Waals surface area contributed by atoms with Gasteiger partial charge in [0.2, 0.25) is 5.91 Å². The zero-order valence-corrected chi connectivity index (χ0v) is 17.4. The second-order valence-electron chi connectivity index (χ2n) is 7.44. The van der Waals surface area contributed by atoms with Crippen molar-refractivity contribution in [3.8, 4) is 0 Å². The molecule has 0 N–H and O–H groups in total. The van der Waals surface area contributed by atoms with Crippen molar-refractivity contribution in [2.24, 2.45) is 0 Å². The number of para-hydroxylation sites is 1. The van der Waals surface area contributed by atoms with Gasteiger partial charge in [-0.25, -0.2) is 4.98 Å². The first-order valence-corrected chi connectivity index (χ1v) is 10.6. The quantitative estimate of drug-likeness (QED) is 0.753. The van der Waals surface area contributed by atoms with E-state index in [0.29, 0.717) is 6.42 Å². The van der Waals surface area contributed by atoms with Crippen LogP contribution >= 0.6 is 11.6 Å². The molecule has 2 aliphatic rings. The predicted octanol–water partition coefficient (Wildman–Crippen LogP) is 2.85. The highest BCUT2D eigenvalue weighted by atomic mass is 35.5. The molecule has 3 heterocycles. The molecule has 0 atom stereocenters. The molecule has 0 radical (unpaired) electrons. The van der Waals surface area contributed by atoms with E-state index in [1.54, 1.807) is 0 Å². The van der Waals surface area contributed by atoms with Gasteiger partial charge in [-0.05, 0) is 36.2 Å². The predicted molar refractivity (Wildman–Crippen MR) is 116 cm³/mol. The summed E-state index contributed by atoms with van der Waals surface area (Å²) in [6, 6.07) is 12.0. The molecule has 4 rings (SSSR count). The Labute approximate surface area is 177 Å². The van der Waals surface area contributed by atoms with Crippen LogP contribution in [0.3, 0.4) is 0 Å². The number of morpholine rings is 1. The van der Waals surface area contributed by atoms with Gasteiger partial charge in [0.05, 0.1) is 23.9 Å². The van der Waals surface area contributed by atoms with Gasteiger partial charge in [0.1, 0.15) is 5.82 Å². The topological polar surface area (TPSA) is 48.9 Å². The van der Waals surface area contributed by atoms with Crippen molar-refractivity contribution in [3.63, 3.8) is 0 Å². The molecule has 0 unspecified atom stereocenters. The number of piperazine rings is 1. The van der Waals surface area contributed by atoms with Crippen LogP contribution in [-0.2, 0) is 16.0 Å². The highest BCUT2D eigenvalue weighted by Crippen LogP contribution is 2.26. The number of rotatable bonds is 5. The van der Waals surface area contributed by atoms with E-state index in [4.69, 9.17) is 16.3 Å². The van der Waals surface area contributed by atoms with Crippen LogP contribution in [0.15, 0.2) is 42.6 Å². The summed E-state index contributed by atoms with van der Waals surface area (Å²) in [5, 5.41) is 0.765. The number of nitrogens with zero attached hydrogens (tertiary/aromatic N) is 4. The van der Waals surface area contributed by atoms with Gasteiger partial charge in [-0.2, -0.15) is 0 Å². The molecule has 1 aromatic carbocycles. The monoisotopic (exact) mass is 414 g/mol. The van der Waals surface area contributed by atoms with Crippen LogP contribution in [0.4, 0.5) is 11.5 Å². The lowest BCUT2D eigenvalue weighted by atomic mass is 10.1. The fourth-order valence-electron chi connectivity index (χ4n) is 3.90. The van der Waals surface area contributed by atoms with Crippen LogP contribution in [0, 0.1) is 0 Å². The summed E-state index contributed by atoms with van der Waals surface area (Å²) in [5.41, 5.74) is 2.21. The Morgan fingerprint density at radius 3 is 2.52 bits per heavy atom. The first-order chi connectivity index (χ1) is 14.2.